The molecule has 2 aromatic carbocycles. The van der Waals surface area contributed by atoms with Gasteiger partial charge in [0.15, 0.2) is 0 Å². The van der Waals surface area contributed by atoms with Crippen molar-refractivity contribution in [2.75, 3.05) is 0 Å². The van der Waals surface area contributed by atoms with E-state index in [2.05, 4.69) is 22.4 Å². The van der Waals surface area contributed by atoms with Crippen LogP contribution < -0.4 is 4.74 Å². The van der Waals surface area contributed by atoms with Crippen molar-refractivity contribution in [3.05, 3.63) is 77.1 Å². The van der Waals surface area contributed by atoms with E-state index in [0.717, 1.165) is 36.1 Å². The van der Waals surface area contributed by atoms with E-state index in [1.807, 2.05) is 41.2 Å². The molecule has 0 saturated carbocycles. The van der Waals surface area contributed by atoms with Crippen LogP contribution in [0.1, 0.15) is 27.2 Å². The van der Waals surface area contributed by atoms with E-state index < -0.39 is 0 Å². The van der Waals surface area contributed by atoms with Crippen molar-refractivity contribution in [2.24, 2.45) is 0 Å². The number of nitrogens with zero attached hydrogens (tertiary/aromatic N) is 3. The number of aromatic nitrogens is 3. The Hall–Kier alpha value is -2.95. The van der Waals surface area contributed by atoms with Crippen LogP contribution >= 0.6 is 0 Å². The maximum Gasteiger partial charge on any atom is 0.150 e. The third-order valence-electron chi connectivity index (χ3n) is 4.17. The molecule has 0 spiro atoms. The first kappa shape index (κ1) is 14.6. The Morgan fingerprint density at radius 3 is 2.92 bits per heavy atom. The molecule has 1 atom stereocenters. The summed E-state index contributed by atoms with van der Waals surface area (Å²) in [4.78, 5) is 10.9. The van der Waals surface area contributed by atoms with Gasteiger partial charge in [0.05, 0.1) is 12.2 Å². The molecular formula is C19H17N3O2. The number of fused-ring (bicyclic) bond motifs is 1. The van der Waals surface area contributed by atoms with Gasteiger partial charge in [0, 0.05) is 24.6 Å². The number of hydrogen-bond donors (Lipinski definition) is 0. The molecule has 0 N–H and O–H groups in total. The summed E-state index contributed by atoms with van der Waals surface area (Å²) in [5.41, 5.74) is 3.92. The summed E-state index contributed by atoms with van der Waals surface area (Å²) >= 11 is 0. The van der Waals surface area contributed by atoms with Gasteiger partial charge in [0.1, 0.15) is 18.1 Å². The van der Waals surface area contributed by atoms with Gasteiger partial charge in [-0.1, -0.05) is 35.5 Å². The van der Waals surface area contributed by atoms with Gasteiger partial charge in [-0.2, -0.15) is 0 Å². The molecule has 1 aliphatic rings. The summed E-state index contributed by atoms with van der Waals surface area (Å²) in [7, 11) is 0. The smallest absolute Gasteiger partial charge is 0.150 e. The van der Waals surface area contributed by atoms with Gasteiger partial charge in [0.2, 0.25) is 0 Å². The van der Waals surface area contributed by atoms with Crippen molar-refractivity contribution in [3.8, 4) is 5.75 Å². The molecule has 0 aliphatic carbocycles. The average molecular weight is 319 g/mol. The first-order valence-corrected chi connectivity index (χ1v) is 7.98. The Kier molecular flexibility index (Phi) is 3.83. The first-order chi connectivity index (χ1) is 11.8. The van der Waals surface area contributed by atoms with Crippen molar-refractivity contribution in [1.29, 1.82) is 0 Å². The van der Waals surface area contributed by atoms with Crippen LogP contribution in [0.4, 0.5) is 0 Å². The predicted molar refractivity (Wildman–Crippen MR) is 89.2 cm³/mol. The zero-order valence-corrected chi connectivity index (χ0v) is 13.1. The normalized spacial score (nSPS) is 15.8. The largest absolute Gasteiger partial charge is 0.488 e. The molecule has 1 aromatic heterocycles. The molecule has 3 aromatic rings. The van der Waals surface area contributed by atoms with Crippen LogP contribution in [0.2, 0.25) is 0 Å². The van der Waals surface area contributed by atoms with Gasteiger partial charge in [-0.25, -0.2) is 4.68 Å². The molecule has 4 rings (SSSR count). The minimum absolute atomic E-state index is 0.0215. The number of aldehydes is 1. The number of carbonyl (C=O) groups is 1. The molecule has 2 heterocycles. The van der Waals surface area contributed by atoms with Crippen LogP contribution in [-0.4, -0.2) is 27.4 Å². The molecule has 0 fully saturated rings. The number of hydrogen-bond acceptors (Lipinski definition) is 4. The molecule has 0 radical (unpaired) electrons. The minimum Gasteiger partial charge on any atom is -0.488 e. The lowest BCUT2D eigenvalue weighted by Gasteiger charge is -2.09. The fourth-order valence-electron chi connectivity index (χ4n) is 3.04. The number of carbonyl (C=O) groups excluding carboxylic acids is 1. The molecule has 0 bridgehead atoms. The van der Waals surface area contributed by atoms with Gasteiger partial charge >= 0.3 is 0 Å². The predicted octanol–water partition coefficient (Wildman–Crippen LogP) is 2.69. The highest BCUT2D eigenvalue weighted by Crippen LogP contribution is 2.29. The molecule has 24 heavy (non-hydrogen) atoms. The van der Waals surface area contributed by atoms with Crippen LogP contribution in [0.15, 0.2) is 54.7 Å². The van der Waals surface area contributed by atoms with Gasteiger partial charge in [-0.05, 0) is 29.3 Å². The zero-order valence-electron chi connectivity index (χ0n) is 13.1. The third-order valence-corrected chi connectivity index (χ3v) is 4.17. The van der Waals surface area contributed by atoms with Crippen LogP contribution in [-0.2, 0) is 19.4 Å². The maximum atomic E-state index is 10.9. The second kappa shape index (κ2) is 6.28. The second-order valence-electron chi connectivity index (χ2n) is 6.02. The lowest BCUT2D eigenvalue weighted by molar-refractivity contribution is 0.112. The highest BCUT2D eigenvalue weighted by molar-refractivity contribution is 5.75. The standard InChI is InChI=1S/C19H17N3O2/c23-13-15-6-7-19-16(8-15)10-18(24-19)12-22-11-17(20-21-22)9-14-4-2-1-3-5-14/h1-8,11,13,18H,9-10,12H2. The Bertz CT molecular complexity index is 858. The number of benzene rings is 2. The molecule has 1 unspecified atom stereocenters. The van der Waals surface area contributed by atoms with Crippen LogP contribution in [0, 0.1) is 0 Å². The van der Waals surface area contributed by atoms with E-state index in [1.165, 1.54) is 5.56 Å². The maximum absolute atomic E-state index is 10.9. The lowest BCUT2D eigenvalue weighted by atomic mass is 10.1. The van der Waals surface area contributed by atoms with E-state index >= 15 is 0 Å². The van der Waals surface area contributed by atoms with Crippen molar-refractivity contribution >= 4 is 6.29 Å². The summed E-state index contributed by atoms with van der Waals surface area (Å²) in [5.74, 6) is 0.857. The van der Waals surface area contributed by atoms with Gasteiger partial charge in [-0.15, -0.1) is 5.10 Å². The highest BCUT2D eigenvalue weighted by atomic mass is 16.5. The minimum atomic E-state index is 0.0215. The Balaban J connectivity index is 1.41. The SMILES string of the molecule is O=Cc1ccc2c(c1)CC(Cn1cc(Cc3ccccc3)nn1)O2. The van der Waals surface area contributed by atoms with Crippen molar-refractivity contribution in [2.45, 2.75) is 25.5 Å². The molecule has 0 amide bonds. The van der Waals surface area contributed by atoms with Crippen molar-refractivity contribution in [3.63, 3.8) is 0 Å². The Labute approximate surface area is 139 Å². The molecule has 5 nitrogen and oxygen atoms in total. The first-order valence-electron chi connectivity index (χ1n) is 7.98. The summed E-state index contributed by atoms with van der Waals surface area (Å²) in [6.45, 7) is 0.646. The number of rotatable bonds is 5. The average Bonchev–Trinajstić information content (AvgIpc) is 3.21. The van der Waals surface area contributed by atoms with E-state index in [9.17, 15) is 4.79 Å². The monoisotopic (exact) mass is 319 g/mol. The molecular weight excluding hydrogens is 302 g/mol. The lowest BCUT2D eigenvalue weighted by Crippen LogP contribution is -2.21. The fraction of sp³-hybridized carbons (Fsp3) is 0.211. The molecule has 120 valence electrons. The van der Waals surface area contributed by atoms with Crippen molar-refractivity contribution < 1.29 is 9.53 Å². The van der Waals surface area contributed by atoms with E-state index in [0.29, 0.717) is 12.1 Å². The van der Waals surface area contributed by atoms with E-state index in [4.69, 9.17) is 4.74 Å². The van der Waals surface area contributed by atoms with Crippen LogP contribution in [0.3, 0.4) is 0 Å². The molecule has 1 aliphatic heterocycles. The zero-order chi connectivity index (χ0) is 16.4. The van der Waals surface area contributed by atoms with Gasteiger partial charge < -0.3 is 4.74 Å². The topological polar surface area (TPSA) is 57.0 Å². The van der Waals surface area contributed by atoms with E-state index in [1.54, 1.807) is 6.07 Å². The number of ether oxygens (including phenoxy) is 1. The highest BCUT2D eigenvalue weighted by Gasteiger charge is 2.24. The third kappa shape index (κ3) is 3.06. The van der Waals surface area contributed by atoms with Crippen LogP contribution in [0.25, 0.3) is 0 Å². The fourth-order valence-corrected chi connectivity index (χ4v) is 3.04. The summed E-state index contributed by atoms with van der Waals surface area (Å²) in [5, 5.41) is 8.44. The van der Waals surface area contributed by atoms with E-state index in [-0.39, 0.29) is 6.10 Å². The molecule has 0 saturated heterocycles. The van der Waals surface area contributed by atoms with Gasteiger partial charge in [-0.3, -0.25) is 4.79 Å². The summed E-state index contributed by atoms with van der Waals surface area (Å²) < 4.78 is 7.76. The van der Waals surface area contributed by atoms with Crippen LogP contribution in [0.5, 0.6) is 5.75 Å². The Morgan fingerprint density at radius 1 is 1.21 bits per heavy atom. The quantitative estimate of drug-likeness (QED) is 0.679. The van der Waals surface area contributed by atoms with Crippen molar-refractivity contribution in [1.82, 2.24) is 15.0 Å². The molecule has 5 heteroatoms. The second-order valence-corrected chi connectivity index (χ2v) is 6.02. The summed E-state index contributed by atoms with van der Waals surface area (Å²) in [6, 6.07) is 15.8. The Morgan fingerprint density at radius 2 is 2.08 bits per heavy atom. The summed E-state index contributed by atoms with van der Waals surface area (Å²) in [6.07, 6.45) is 4.41. The van der Waals surface area contributed by atoms with Gasteiger partial charge in [0.25, 0.3) is 0 Å².